The van der Waals surface area contributed by atoms with Gasteiger partial charge in [-0.2, -0.15) is 0 Å². The maximum absolute atomic E-state index is 14.0. The molecule has 0 spiro atoms. The molecule has 2 aromatic rings. The fourth-order valence-corrected chi connectivity index (χ4v) is 2.27. The van der Waals surface area contributed by atoms with E-state index in [1.807, 2.05) is 0 Å². The van der Waals surface area contributed by atoms with E-state index in [1.165, 1.54) is 7.05 Å². The van der Waals surface area contributed by atoms with Gasteiger partial charge in [-0.3, -0.25) is 4.79 Å². The summed E-state index contributed by atoms with van der Waals surface area (Å²) in [5.41, 5.74) is -0.469. The molecule has 1 unspecified atom stereocenters. The second-order valence-corrected chi connectivity index (χ2v) is 5.18. The van der Waals surface area contributed by atoms with Crippen LogP contribution < -0.4 is 10.5 Å². The number of rotatable bonds is 3. The Morgan fingerprint density at radius 3 is 2.48 bits per heavy atom. The molecule has 0 saturated carbocycles. The third-order valence-electron chi connectivity index (χ3n) is 2.70. The zero-order chi connectivity index (χ0) is 15.7. The van der Waals surface area contributed by atoms with Crippen molar-refractivity contribution in [3.63, 3.8) is 0 Å². The Labute approximate surface area is 120 Å². The fourth-order valence-electron chi connectivity index (χ4n) is 1.73. The van der Waals surface area contributed by atoms with Gasteiger partial charge in [0.25, 0.3) is 5.91 Å². The molecule has 0 aliphatic heterocycles. The van der Waals surface area contributed by atoms with E-state index >= 15 is 0 Å². The fraction of sp³-hybridized carbons (Fsp3) is 0.0833. The number of nitrogens with zero attached hydrogens (tertiary/aromatic N) is 1. The smallest absolute Gasteiger partial charge is 0.275 e. The number of aromatic nitrogens is 1. The average molecular weight is 317 g/mol. The third-order valence-corrected chi connectivity index (χ3v) is 3.42. The van der Waals surface area contributed by atoms with Gasteiger partial charge in [0, 0.05) is 25.0 Å². The van der Waals surface area contributed by atoms with Gasteiger partial charge in [0.1, 0.15) is 21.6 Å². The van der Waals surface area contributed by atoms with Crippen LogP contribution in [0.25, 0.3) is 0 Å². The summed E-state index contributed by atoms with van der Waals surface area (Å²) in [6, 6.07) is 2.71. The molecule has 1 amide bonds. The first-order chi connectivity index (χ1) is 9.81. The van der Waals surface area contributed by atoms with Gasteiger partial charge in [-0.1, -0.05) is 0 Å². The summed E-state index contributed by atoms with van der Waals surface area (Å²) in [4.78, 5) is 11.6. The Bertz CT molecular complexity index is 746. The molecule has 0 fully saturated rings. The van der Waals surface area contributed by atoms with Gasteiger partial charge >= 0.3 is 0 Å². The van der Waals surface area contributed by atoms with Crippen LogP contribution in [0.15, 0.2) is 29.3 Å². The molecule has 5 nitrogen and oxygen atoms in total. The number of nitrogens with two attached hydrogens (primary N) is 1. The number of carbonyl (C=O) groups is 1. The van der Waals surface area contributed by atoms with Crippen molar-refractivity contribution in [2.45, 2.75) is 4.90 Å². The maximum Gasteiger partial charge on any atom is 0.275 e. The van der Waals surface area contributed by atoms with Crippen LogP contribution in [-0.2, 0) is 18.0 Å². The van der Waals surface area contributed by atoms with E-state index in [0.717, 1.165) is 29.0 Å². The van der Waals surface area contributed by atoms with Crippen molar-refractivity contribution in [3.05, 3.63) is 47.5 Å². The van der Waals surface area contributed by atoms with Crippen molar-refractivity contribution < 1.29 is 22.2 Å². The second-order valence-electron chi connectivity index (χ2n) is 4.15. The zero-order valence-electron chi connectivity index (χ0n) is 10.7. The molecular weight excluding hydrogens is 307 g/mol. The lowest BCUT2D eigenvalue weighted by Crippen LogP contribution is -2.17. The number of amides is 1. The number of nitrogens with one attached hydrogen (secondary N) is 1. The van der Waals surface area contributed by atoms with Gasteiger partial charge in [-0.15, -0.1) is 0 Å². The van der Waals surface area contributed by atoms with Crippen molar-refractivity contribution in [2.24, 2.45) is 12.2 Å². The van der Waals surface area contributed by atoms with E-state index in [-0.39, 0.29) is 10.6 Å². The molecule has 112 valence electrons. The lowest BCUT2D eigenvalue weighted by molar-refractivity contribution is 0.101. The molecule has 1 heterocycles. The first kappa shape index (κ1) is 15.3. The Morgan fingerprint density at radius 1 is 1.29 bits per heavy atom. The Kier molecular flexibility index (Phi) is 4.14. The van der Waals surface area contributed by atoms with E-state index in [0.29, 0.717) is 0 Å². The Morgan fingerprint density at radius 2 is 1.95 bits per heavy atom. The van der Waals surface area contributed by atoms with Gasteiger partial charge in [-0.25, -0.2) is 22.5 Å². The number of benzene rings is 1. The Balaban J connectivity index is 2.32. The normalized spacial score (nSPS) is 12.2. The predicted molar refractivity (Wildman–Crippen MR) is 70.3 cm³/mol. The van der Waals surface area contributed by atoms with Gasteiger partial charge < -0.3 is 9.88 Å². The lowest BCUT2D eigenvalue weighted by Gasteiger charge is -2.06. The molecule has 2 rings (SSSR count). The highest BCUT2D eigenvalue weighted by molar-refractivity contribution is 7.82. The van der Waals surface area contributed by atoms with Crippen LogP contribution in [0.2, 0.25) is 0 Å². The molecule has 9 heteroatoms. The molecule has 0 bridgehead atoms. The molecule has 0 aliphatic carbocycles. The second kappa shape index (κ2) is 5.70. The van der Waals surface area contributed by atoms with Crippen molar-refractivity contribution in [3.8, 4) is 0 Å². The highest BCUT2D eigenvalue weighted by Gasteiger charge is 2.23. The summed E-state index contributed by atoms with van der Waals surface area (Å²) in [7, 11) is -0.724. The molecule has 0 aliphatic rings. The molecule has 0 radical (unpaired) electrons. The molecule has 21 heavy (non-hydrogen) atoms. The van der Waals surface area contributed by atoms with Crippen molar-refractivity contribution >= 4 is 22.6 Å². The van der Waals surface area contributed by atoms with E-state index in [9.17, 15) is 22.2 Å². The molecule has 1 atom stereocenters. The zero-order valence-corrected chi connectivity index (χ0v) is 11.5. The molecule has 1 aromatic carbocycles. The van der Waals surface area contributed by atoms with Crippen LogP contribution in [0, 0.1) is 17.5 Å². The van der Waals surface area contributed by atoms with Crippen molar-refractivity contribution in [2.75, 3.05) is 5.32 Å². The summed E-state index contributed by atoms with van der Waals surface area (Å²) in [5, 5.41) is 7.30. The number of hydrogen-bond donors (Lipinski definition) is 2. The minimum atomic E-state index is -2.09. The van der Waals surface area contributed by atoms with E-state index in [2.05, 4.69) is 5.32 Å². The van der Waals surface area contributed by atoms with Crippen LogP contribution in [0.3, 0.4) is 0 Å². The highest BCUT2D eigenvalue weighted by Crippen LogP contribution is 2.19. The van der Waals surface area contributed by atoms with Crippen LogP contribution >= 0.6 is 0 Å². The number of hydrogen-bond acceptors (Lipinski definition) is 2. The topological polar surface area (TPSA) is 77.1 Å². The minimum Gasteiger partial charge on any atom is -0.343 e. The standard InChI is InChI=1S/C12H10F3N3O2S/c1-18-5-9(21(16)20)10(15)11(18)12(19)17-6-2-3-7(13)8(14)4-6/h2-5H,16H2,1H3,(H,17,19). The summed E-state index contributed by atoms with van der Waals surface area (Å²) in [6.45, 7) is 0. The Hall–Kier alpha value is -2.13. The summed E-state index contributed by atoms with van der Waals surface area (Å²) >= 11 is 0. The van der Waals surface area contributed by atoms with Gasteiger partial charge in [0.05, 0.1) is 0 Å². The lowest BCUT2D eigenvalue weighted by atomic mass is 10.3. The van der Waals surface area contributed by atoms with Gasteiger partial charge in [0.15, 0.2) is 17.5 Å². The third kappa shape index (κ3) is 2.98. The largest absolute Gasteiger partial charge is 0.343 e. The summed E-state index contributed by atoms with van der Waals surface area (Å²) in [5.74, 6) is -4.15. The van der Waals surface area contributed by atoms with E-state index in [4.69, 9.17) is 5.14 Å². The average Bonchev–Trinajstić information content (AvgIpc) is 2.69. The molecule has 0 saturated heterocycles. The first-order valence-corrected chi connectivity index (χ1v) is 6.80. The van der Waals surface area contributed by atoms with Crippen LogP contribution in [0.1, 0.15) is 10.5 Å². The maximum atomic E-state index is 14.0. The molecular formula is C12H10F3N3O2S. The SMILES string of the molecule is Cn1cc(S(N)=O)c(F)c1C(=O)Nc1ccc(F)c(F)c1. The van der Waals surface area contributed by atoms with E-state index in [1.54, 1.807) is 0 Å². The number of anilines is 1. The highest BCUT2D eigenvalue weighted by atomic mass is 32.2. The van der Waals surface area contributed by atoms with E-state index < -0.39 is 40.0 Å². The van der Waals surface area contributed by atoms with Crippen LogP contribution in [-0.4, -0.2) is 14.7 Å². The van der Waals surface area contributed by atoms with Crippen LogP contribution in [0.4, 0.5) is 18.9 Å². The molecule has 3 N–H and O–H groups in total. The number of halogens is 3. The van der Waals surface area contributed by atoms with Gasteiger partial charge in [0.2, 0.25) is 0 Å². The predicted octanol–water partition coefficient (Wildman–Crippen LogP) is 1.68. The number of aryl methyl sites for hydroxylation is 1. The first-order valence-electron chi connectivity index (χ1n) is 5.58. The van der Waals surface area contributed by atoms with Crippen LogP contribution in [0.5, 0.6) is 0 Å². The van der Waals surface area contributed by atoms with Crippen molar-refractivity contribution in [1.82, 2.24) is 4.57 Å². The summed E-state index contributed by atoms with van der Waals surface area (Å²) in [6.07, 6.45) is 1.12. The molecule has 1 aromatic heterocycles. The monoisotopic (exact) mass is 317 g/mol. The number of carbonyl (C=O) groups excluding carboxylic acids is 1. The summed E-state index contributed by atoms with van der Waals surface area (Å²) < 4.78 is 52.0. The van der Waals surface area contributed by atoms with Crippen molar-refractivity contribution in [1.29, 1.82) is 0 Å². The van der Waals surface area contributed by atoms with Gasteiger partial charge in [-0.05, 0) is 12.1 Å². The minimum absolute atomic E-state index is 0.0464. The quantitative estimate of drug-likeness (QED) is 0.903.